The molecule has 0 aliphatic heterocycles. The van der Waals surface area contributed by atoms with Crippen molar-refractivity contribution in [1.82, 2.24) is 25.3 Å². The van der Waals surface area contributed by atoms with Crippen molar-refractivity contribution in [3.8, 4) is 27.7 Å². The Labute approximate surface area is 236 Å². The first-order chi connectivity index (χ1) is 19.6. The van der Waals surface area contributed by atoms with Crippen LogP contribution in [0.15, 0.2) is 51.8 Å². The molecule has 0 aliphatic carbocycles. The molecule has 0 bridgehead atoms. The Morgan fingerprint density at radius 2 is 1.98 bits per heavy atom. The van der Waals surface area contributed by atoms with Gasteiger partial charge in [0, 0.05) is 36.3 Å². The molecular weight excluding hydrogens is 563 g/mol. The third-order valence-electron chi connectivity index (χ3n) is 6.06. The molecule has 4 aromatic rings. The molecule has 0 fully saturated rings. The molecule has 0 atom stereocenters. The monoisotopic (exact) mass is 589 g/mol. The van der Waals surface area contributed by atoms with E-state index in [4.69, 9.17) is 4.74 Å². The number of nitrogens with one attached hydrogen (secondary N) is 2. The van der Waals surface area contributed by atoms with E-state index in [1.807, 2.05) is 4.90 Å². The van der Waals surface area contributed by atoms with Gasteiger partial charge in [-0.15, -0.1) is 11.3 Å². The summed E-state index contributed by atoms with van der Waals surface area (Å²) in [7, 11) is 1.80. The second-order valence-corrected chi connectivity index (χ2v) is 10.0. The number of carbonyl (C=O) groups excluding carboxylic acids is 2. The van der Waals surface area contributed by atoms with Crippen LogP contribution in [0, 0.1) is 0 Å². The first-order valence-corrected chi connectivity index (χ1v) is 13.2. The first-order valence-electron chi connectivity index (χ1n) is 12.4. The van der Waals surface area contributed by atoms with Crippen LogP contribution in [0.3, 0.4) is 0 Å². The Hall–Kier alpha value is -4.14. The molecule has 2 heterocycles. The lowest BCUT2D eigenvalue weighted by molar-refractivity contribution is -0.137. The average Bonchev–Trinajstić information content (AvgIpc) is 3.56. The fourth-order valence-electron chi connectivity index (χ4n) is 3.97. The van der Waals surface area contributed by atoms with Crippen LogP contribution < -0.4 is 15.8 Å². The number of thiazole rings is 1. The number of alkyl halides is 3. The molecule has 0 radical (unpaired) electrons. The van der Waals surface area contributed by atoms with E-state index in [9.17, 15) is 27.6 Å². The van der Waals surface area contributed by atoms with Gasteiger partial charge in [0.1, 0.15) is 23.7 Å². The zero-order valence-corrected chi connectivity index (χ0v) is 22.9. The molecule has 0 amide bonds. The fourth-order valence-corrected chi connectivity index (χ4v) is 4.96. The maximum absolute atomic E-state index is 13.1. The molecule has 41 heavy (non-hydrogen) atoms. The number of H-pyrrole nitrogens is 1. The smallest absolute Gasteiger partial charge is 0.439 e. The van der Waals surface area contributed by atoms with Crippen molar-refractivity contribution in [1.29, 1.82) is 0 Å². The summed E-state index contributed by atoms with van der Waals surface area (Å²) in [5, 5.41) is 7.18. The molecule has 0 spiro atoms. The molecule has 10 nitrogen and oxygen atoms in total. The molecule has 0 unspecified atom stereocenters. The number of rotatable bonds is 13. The van der Waals surface area contributed by atoms with Gasteiger partial charge in [-0.05, 0) is 44.3 Å². The number of ketones is 1. The number of aromatic amines is 1. The molecule has 2 N–H and O–H groups in total. The number of carbonyl (C=O) groups is 2. The van der Waals surface area contributed by atoms with E-state index in [-0.39, 0.29) is 30.3 Å². The van der Waals surface area contributed by atoms with Crippen LogP contribution in [0.2, 0.25) is 0 Å². The van der Waals surface area contributed by atoms with Crippen LogP contribution in [0.25, 0.3) is 22.0 Å². The summed E-state index contributed by atoms with van der Waals surface area (Å²) in [6.45, 7) is 3.09. The van der Waals surface area contributed by atoms with Crippen LogP contribution in [-0.2, 0) is 24.1 Å². The summed E-state index contributed by atoms with van der Waals surface area (Å²) in [4.78, 5) is 44.7. The van der Waals surface area contributed by atoms with Crippen molar-refractivity contribution < 1.29 is 32.0 Å². The van der Waals surface area contributed by atoms with E-state index < -0.39 is 17.5 Å². The minimum atomic E-state index is -4.45. The number of hydrogen-bond donors (Lipinski definition) is 2. The standard InChI is InChI=1S/C27H26F3N5O5S/c1-16(37)21-13-19(7-8-20(21)24-33-26(38)40-34-24)39-15-23-22(14-35(11-12-36)10-9-31-2)32-25(41-23)17-3-5-18(6-4-17)27(28,29)30/h3-8,12-13,31H,9-11,14-15H2,1-2H3,(H,33,34,38). The normalized spacial score (nSPS) is 11.7. The topological polar surface area (TPSA) is 130 Å². The maximum atomic E-state index is 13.1. The fraction of sp³-hybridized carbons (Fsp3) is 0.296. The second kappa shape index (κ2) is 13.0. The van der Waals surface area contributed by atoms with Crippen molar-refractivity contribution in [3.05, 3.63) is 74.7 Å². The Morgan fingerprint density at radius 1 is 1.22 bits per heavy atom. The van der Waals surface area contributed by atoms with Crippen LogP contribution in [0.1, 0.15) is 33.4 Å². The van der Waals surface area contributed by atoms with E-state index in [1.165, 1.54) is 36.5 Å². The predicted octanol–water partition coefficient (Wildman–Crippen LogP) is 4.17. The lowest BCUT2D eigenvalue weighted by Crippen LogP contribution is -2.32. The highest BCUT2D eigenvalue weighted by Gasteiger charge is 2.30. The highest BCUT2D eigenvalue weighted by atomic mass is 32.1. The third kappa shape index (κ3) is 7.54. The van der Waals surface area contributed by atoms with Gasteiger partial charge in [-0.1, -0.05) is 17.3 Å². The lowest BCUT2D eigenvalue weighted by Gasteiger charge is -2.19. The van der Waals surface area contributed by atoms with E-state index in [1.54, 1.807) is 19.2 Å². The lowest BCUT2D eigenvalue weighted by atomic mass is 10.0. The van der Waals surface area contributed by atoms with Gasteiger partial charge < -0.3 is 14.8 Å². The number of nitrogens with zero attached hydrogens (tertiary/aromatic N) is 3. The Bertz CT molecular complexity index is 1560. The molecule has 14 heteroatoms. The van der Waals surface area contributed by atoms with Gasteiger partial charge in [-0.3, -0.25) is 19.2 Å². The molecule has 216 valence electrons. The van der Waals surface area contributed by atoms with E-state index >= 15 is 0 Å². The number of Topliss-reactive ketones (excluding diaryl/α,β-unsaturated/α-hetero) is 1. The summed E-state index contributed by atoms with van der Waals surface area (Å²) in [6, 6.07) is 9.45. The van der Waals surface area contributed by atoms with Gasteiger partial charge >= 0.3 is 11.9 Å². The van der Waals surface area contributed by atoms with Gasteiger partial charge in [0.25, 0.3) is 0 Å². The second-order valence-electron chi connectivity index (χ2n) is 8.97. The number of hydrogen-bond acceptors (Lipinski definition) is 10. The van der Waals surface area contributed by atoms with Crippen molar-refractivity contribution >= 4 is 23.4 Å². The Morgan fingerprint density at radius 3 is 2.59 bits per heavy atom. The summed E-state index contributed by atoms with van der Waals surface area (Å²) in [5.74, 6) is -0.573. The number of halogens is 3. The minimum absolute atomic E-state index is 0.0477. The molecular formula is C27H26F3N5O5S. The van der Waals surface area contributed by atoms with Crippen molar-refractivity contribution in [2.75, 3.05) is 26.7 Å². The zero-order chi connectivity index (χ0) is 29.6. The third-order valence-corrected chi connectivity index (χ3v) is 7.18. The number of aldehydes is 1. The molecule has 0 saturated carbocycles. The van der Waals surface area contributed by atoms with Crippen LogP contribution >= 0.6 is 11.3 Å². The quantitative estimate of drug-likeness (QED) is 0.174. The summed E-state index contributed by atoms with van der Waals surface area (Å²) < 4.78 is 49.7. The number of likely N-dealkylation sites (N-methyl/N-ethyl adjacent to an activating group) is 1. The SMILES string of the molecule is CNCCN(CC=O)Cc1nc(-c2ccc(C(F)(F)F)cc2)sc1COc1ccc(-c2noc(=O)[nH]2)c(C(C)=O)c1. The van der Waals surface area contributed by atoms with Gasteiger partial charge in [0.15, 0.2) is 11.6 Å². The van der Waals surface area contributed by atoms with Crippen molar-refractivity contribution in [3.63, 3.8) is 0 Å². The van der Waals surface area contributed by atoms with Gasteiger partial charge in [-0.2, -0.15) is 13.2 Å². The number of ether oxygens (including phenoxy) is 1. The number of aromatic nitrogens is 3. The van der Waals surface area contributed by atoms with E-state index in [0.717, 1.165) is 18.4 Å². The van der Waals surface area contributed by atoms with E-state index in [2.05, 4.69) is 25.0 Å². The van der Waals surface area contributed by atoms with Gasteiger partial charge in [-0.25, -0.2) is 9.78 Å². The minimum Gasteiger partial charge on any atom is -0.488 e. The summed E-state index contributed by atoms with van der Waals surface area (Å²) >= 11 is 1.27. The molecule has 4 rings (SSSR count). The van der Waals surface area contributed by atoms with Crippen LogP contribution in [0.5, 0.6) is 5.75 Å². The highest BCUT2D eigenvalue weighted by molar-refractivity contribution is 7.15. The largest absolute Gasteiger partial charge is 0.488 e. The van der Waals surface area contributed by atoms with Crippen molar-refractivity contribution in [2.24, 2.45) is 0 Å². The van der Waals surface area contributed by atoms with Gasteiger partial charge in [0.2, 0.25) is 0 Å². The summed E-state index contributed by atoms with van der Waals surface area (Å²) in [5.41, 5.74) is 0.994. The van der Waals surface area contributed by atoms with E-state index in [0.29, 0.717) is 52.1 Å². The Balaban J connectivity index is 1.63. The first kappa shape index (κ1) is 29.8. The van der Waals surface area contributed by atoms with Crippen molar-refractivity contribution in [2.45, 2.75) is 26.3 Å². The summed E-state index contributed by atoms with van der Waals surface area (Å²) in [6.07, 6.45) is -3.66. The average molecular weight is 590 g/mol. The highest BCUT2D eigenvalue weighted by Crippen LogP contribution is 2.34. The maximum Gasteiger partial charge on any atom is 0.439 e. The van der Waals surface area contributed by atoms with Crippen LogP contribution in [0.4, 0.5) is 13.2 Å². The zero-order valence-electron chi connectivity index (χ0n) is 22.1. The molecule has 2 aromatic carbocycles. The number of benzene rings is 2. The molecule has 0 saturated heterocycles. The van der Waals surface area contributed by atoms with Crippen LogP contribution in [-0.4, -0.2) is 58.8 Å². The predicted molar refractivity (Wildman–Crippen MR) is 145 cm³/mol. The molecule has 0 aliphatic rings. The molecule has 2 aromatic heterocycles. The Kier molecular flexibility index (Phi) is 9.47. The van der Waals surface area contributed by atoms with Gasteiger partial charge in [0.05, 0.1) is 22.7 Å².